The summed E-state index contributed by atoms with van der Waals surface area (Å²) >= 11 is 0. The molecule has 0 spiro atoms. The average molecular weight is 280 g/mol. The highest BCUT2D eigenvalue weighted by molar-refractivity contribution is 4.91. The fourth-order valence-corrected chi connectivity index (χ4v) is 4.52. The summed E-state index contributed by atoms with van der Waals surface area (Å²) < 4.78 is 0. The van der Waals surface area contributed by atoms with Gasteiger partial charge < -0.3 is 5.32 Å². The first kappa shape index (κ1) is 16.3. The minimum atomic E-state index is 0.495. The molecule has 1 heterocycles. The number of likely N-dealkylation sites (tertiary alicyclic amines) is 1. The Morgan fingerprint density at radius 1 is 1.00 bits per heavy atom. The van der Waals surface area contributed by atoms with Crippen LogP contribution in [0.2, 0.25) is 0 Å². The molecule has 1 aliphatic carbocycles. The molecule has 1 saturated heterocycles. The lowest BCUT2D eigenvalue weighted by molar-refractivity contribution is 0.0202. The lowest BCUT2D eigenvalue weighted by atomic mass is 9.75. The van der Waals surface area contributed by atoms with Crippen LogP contribution in [-0.2, 0) is 0 Å². The average Bonchev–Trinajstić information content (AvgIpc) is 2.52. The van der Waals surface area contributed by atoms with Crippen molar-refractivity contribution in [3.8, 4) is 0 Å². The van der Waals surface area contributed by atoms with Crippen molar-refractivity contribution in [2.75, 3.05) is 26.2 Å². The summed E-state index contributed by atoms with van der Waals surface area (Å²) in [5.41, 5.74) is 0.495. The minimum Gasteiger partial charge on any atom is -0.316 e. The van der Waals surface area contributed by atoms with E-state index in [0.717, 1.165) is 18.5 Å². The predicted octanol–water partition coefficient (Wildman–Crippen LogP) is 4.06. The van der Waals surface area contributed by atoms with Crippen molar-refractivity contribution in [1.82, 2.24) is 10.2 Å². The molecule has 2 rings (SSSR count). The van der Waals surface area contributed by atoms with Gasteiger partial charge in [0.25, 0.3) is 0 Å². The Balaban J connectivity index is 2.00. The third kappa shape index (κ3) is 3.76. The van der Waals surface area contributed by atoms with Crippen molar-refractivity contribution in [2.45, 2.75) is 78.2 Å². The second-order valence-electron chi connectivity index (χ2n) is 7.21. The molecular weight excluding hydrogens is 244 g/mol. The van der Waals surface area contributed by atoms with E-state index in [4.69, 9.17) is 0 Å². The van der Waals surface area contributed by atoms with Gasteiger partial charge in [0, 0.05) is 19.1 Å². The summed E-state index contributed by atoms with van der Waals surface area (Å²) in [4.78, 5) is 2.89. The molecular formula is C18H36N2. The van der Waals surface area contributed by atoms with Gasteiger partial charge in [-0.15, -0.1) is 0 Å². The maximum Gasteiger partial charge on any atom is 0.0124 e. The van der Waals surface area contributed by atoms with E-state index < -0.39 is 0 Å². The molecule has 20 heavy (non-hydrogen) atoms. The van der Waals surface area contributed by atoms with Crippen LogP contribution in [0, 0.1) is 11.3 Å². The van der Waals surface area contributed by atoms with Crippen molar-refractivity contribution >= 4 is 0 Å². The molecule has 1 aliphatic heterocycles. The van der Waals surface area contributed by atoms with Crippen LogP contribution < -0.4 is 5.32 Å². The van der Waals surface area contributed by atoms with Gasteiger partial charge in [-0.3, -0.25) is 4.90 Å². The molecule has 2 nitrogen and oxygen atoms in total. The summed E-state index contributed by atoms with van der Waals surface area (Å²) in [6.45, 7) is 12.0. The largest absolute Gasteiger partial charge is 0.316 e. The third-order valence-electron chi connectivity index (χ3n) is 6.15. The van der Waals surface area contributed by atoms with Gasteiger partial charge in [-0.05, 0) is 62.9 Å². The molecule has 2 fully saturated rings. The lowest BCUT2D eigenvalue weighted by Crippen LogP contribution is -2.52. The maximum atomic E-state index is 3.63. The van der Waals surface area contributed by atoms with Crippen molar-refractivity contribution in [3.63, 3.8) is 0 Å². The fourth-order valence-electron chi connectivity index (χ4n) is 4.52. The van der Waals surface area contributed by atoms with Crippen LogP contribution in [0.5, 0.6) is 0 Å². The van der Waals surface area contributed by atoms with E-state index in [-0.39, 0.29) is 0 Å². The standard InChI is InChI=1S/C18H36N2/c1-4-18(5-2,14-19-6-3)15-20-13-9-11-16-10-7-8-12-17(16)20/h16-17,19H,4-15H2,1-3H3. The Morgan fingerprint density at radius 3 is 2.40 bits per heavy atom. The smallest absolute Gasteiger partial charge is 0.0124 e. The van der Waals surface area contributed by atoms with E-state index in [1.165, 1.54) is 71.0 Å². The summed E-state index contributed by atoms with van der Waals surface area (Å²) in [5, 5.41) is 3.63. The quantitative estimate of drug-likeness (QED) is 0.756. The van der Waals surface area contributed by atoms with Gasteiger partial charge in [0.2, 0.25) is 0 Å². The zero-order chi connectivity index (χ0) is 14.4. The van der Waals surface area contributed by atoms with Crippen molar-refractivity contribution in [3.05, 3.63) is 0 Å². The number of rotatable bonds is 7. The normalized spacial score (nSPS) is 28.4. The highest BCUT2D eigenvalue weighted by atomic mass is 15.2. The molecule has 2 aliphatic rings. The van der Waals surface area contributed by atoms with Gasteiger partial charge in [0.15, 0.2) is 0 Å². The van der Waals surface area contributed by atoms with E-state index in [2.05, 4.69) is 31.0 Å². The van der Waals surface area contributed by atoms with E-state index in [0.29, 0.717) is 5.41 Å². The minimum absolute atomic E-state index is 0.495. The van der Waals surface area contributed by atoms with Crippen LogP contribution in [0.15, 0.2) is 0 Å². The molecule has 2 heteroatoms. The van der Waals surface area contributed by atoms with Crippen LogP contribution in [0.25, 0.3) is 0 Å². The first-order chi connectivity index (χ1) is 9.74. The summed E-state index contributed by atoms with van der Waals surface area (Å²) in [5.74, 6) is 1.02. The summed E-state index contributed by atoms with van der Waals surface area (Å²) in [7, 11) is 0. The third-order valence-corrected chi connectivity index (χ3v) is 6.15. The van der Waals surface area contributed by atoms with Gasteiger partial charge >= 0.3 is 0 Å². The first-order valence-corrected chi connectivity index (χ1v) is 9.19. The zero-order valence-corrected chi connectivity index (χ0v) is 14.1. The predicted molar refractivity (Wildman–Crippen MR) is 88.1 cm³/mol. The molecule has 2 atom stereocenters. The second kappa shape index (κ2) is 7.79. The van der Waals surface area contributed by atoms with Crippen molar-refractivity contribution in [1.29, 1.82) is 0 Å². The number of nitrogens with one attached hydrogen (secondary N) is 1. The van der Waals surface area contributed by atoms with Crippen LogP contribution in [-0.4, -0.2) is 37.1 Å². The number of piperidine rings is 1. The van der Waals surface area contributed by atoms with E-state index in [9.17, 15) is 0 Å². The number of hydrogen-bond donors (Lipinski definition) is 1. The molecule has 0 aromatic carbocycles. The first-order valence-electron chi connectivity index (χ1n) is 9.19. The van der Waals surface area contributed by atoms with Gasteiger partial charge in [0.1, 0.15) is 0 Å². The Bertz CT molecular complexity index is 271. The van der Waals surface area contributed by atoms with Gasteiger partial charge in [0.05, 0.1) is 0 Å². The molecule has 0 amide bonds. The van der Waals surface area contributed by atoms with Crippen molar-refractivity contribution in [2.24, 2.45) is 11.3 Å². The molecule has 1 saturated carbocycles. The monoisotopic (exact) mass is 280 g/mol. The number of nitrogens with zero attached hydrogens (tertiary/aromatic N) is 1. The molecule has 2 unspecified atom stereocenters. The molecule has 0 aromatic heterocycles. The molecule has 0 bridgehead atoms. The molecule has 1 N–H and O–H groups in total. The van der Waals surface area contributed by atoms with Gasteiger partial charge in [-0.25, -0.2) is 0 Å². The number of hydrogen-bond acceptors (Lipinski definition) is 2. The Labute approximate surface area is 126 Å². The highest BCUT2D eigenvalue weighted by Crippen LogP contribution is 2.38. The van der Waals surface area contributed by atoms with E-state index >= 15 is 0 Å². The Kier molecular flexibility index (Phi) is 6.35. The SMILES string of the molecule is CCNCC(CC)(CC)CN1CCCC2CCCCC21. The topological polar surface area (TPSA) is 15.3 Å². The van der Waals surface area contributed by atoms with Gasteiger partial charge in [-0.1, -0.05) is 33.6 Å². The van der Waals surface area contributed by atoms with Crippen LogP contribution in [0.4, 0.5) is 0 Å². The lowest BCUT2D eigenvalue weighted by Gasteiger charge is -2.48. The number of fused-ring (bicyclic) bond motifs is 1. The van der Waals surface area contributed by atoms with E-state index in [1.807, 2.05) is 0 Å². The molecule has 0 aromatic rings. The maximum absolute atomic E-state index is 3.63. The summed E-state index contributed by atoms with van der Waals surface area (Å²) in [6, 6.07) is 0.914. The fraction of sp³-hybridized carbons (Fsp3) is 1.00. The Hall–Kier alpha value is -0.0800. The van der Waals surface area contributed by atoms with Crippen LogP contribution in [0.3, 0.4) is 0 Å². The van der Waals surface area contributed by atoms with Gasteiger partial charge in [-0.2, -0.15) is 0 Å². The van der Waals surface area contributed by atoms with Crippen molar-refractivity contribution < 1.29 is 0 Å². The zero-order valence-electron chi connectivity index (χ0n) is 14.1. The highest BCUT2D eigenvalue weighted by Gasteiger charge is 2.37. The van der Waals surface area contributed by atoms with E-state index in [1.54, 1.807) is 0 Å². The molecule has 118 valence electrons. The van der Waals surface area contributed by atoms with Crippen LogP contribution in [0.1, 0.15) is 72.1 Å². The van der Waals surface area contributed by atoms with Crippen LogP contribution >= 0.6 is 0 Å². The summed E-state index contributed by atoms with van der Waals surface area (Å²) in [6.07, 6.45) is 11.5. The molecule has 0 radical (unpaired) electrons. The Morgan fingerprint density at radius 2 is 1.70 bits per heavy atom. The second-order valence-corrected chi connectivity index (χ2v) is 7.21.